The van der Waals surface area contributed by atoms with Crippen molar-refractivity contribution in [1.82, 2.24) is 9.13 Å². The minimum absolute atomic E-state index is 1.14. The number of hydrogen-bond donors (Lipinski definition) is 0. The molecule has 0 unspecified atom stereocenters. The van der Waals surface area contributed by atoms with Crippen molar-refractivity contribution in [2.75, 3.05) is 0 Å². The van der Waals surface area contributed by atoms with Crippen LogP contribution in [0.4, 0.5) is 0 Å². The van der Waals surface area contributed by atoms with Gasteiger partial charge in [0, 0.05) is 32.9 Å². The normalized spacial score (nSPS) is 11.6. The van der Waals surface area contributed by atoms with Gasteiger partial charge in [-0.25, -0.2) is 0 Å². The van der Waals surface area contributed by atoms with Crippen molar-refractivity contribution in [3.63, 3.8) is 0 Å². The molecule has 0 saturated heterocycles. The van der Waals surface area contributed by atoms with Gasteiger partial charge in [0.25, 0.3) is 0 Å². The molecule has 0 aliphatic rings. The Hall–Kier alpha value is -6.64. The molecule has 8 aromatic carbocycles. The summed E-state index contributed by atoms with van der Waals surface area (Å²) in [4.78, 5) is 0. The highest BCUT2D eigenvalue weighted by atomic mass is 15.0. The largest absolute Gasteiger partial charge is 0.309 e. The van der Waals surface area contributed by atoms with Gasteiger partial charge in [-0.05, 0) is 88.0 Å². The molecule has 0 fully saturated rings. The second kappa shape index (κ2) is 11.5. The molecule has 10 rings (SSSR count). The average molecular weight is 637 g/mol. The molecule has 2 heterocycles. The van der Waals surface area contributed by atoms with E-state index in [4.69, 9.17) is 0 Å². The van der Waals surface area contributed by atoms with Crippen molar-refractivity contribution in [3.8, 4) is 44.8 Å². The summed E-state index contributed by atoms with van der Waals surface area (Å²) in [6.45, 7) is 0. The lowest BCUT2D eigenvalue weighted by Crippen LogP contribution is -1.95. The fourth-order valence-electron chi connectivity index (χ4n) is 7.73. The fraction of sp³-hybridized carbons (Fsp3) is 0. The lowest BCUT2D eigenvalue weighted by molar-refractivity contribution is 1.18. The third-order valence-corrected chi connectivity index (χ3v) is 10.1. The van der Waals surface area contributed by atoms with Crippen molar-refractivity contribution in [3.05, 3.63) is 194 Å². The Morgan fingerprint density at radius 2 is 0.620 bits per heavy atom. The van der Waals surface area contributed by atoms with E-state index >= 15 is 0 Å². The molecular formula is C48H32N2. The summed E-state index contributed by atoms with van der Waals surface area (Å²) < 4.78 is 4.80. The molecule has 0 radical (unpaired) electrons. The Bertz CT molecular complexity index is 2730. The standard InChI is InChI=1S/C48H32N2/c1-4-12-33(13-5-1)37-22-27-42-43-28-23-38(34-14-6-2-7-15-34)32-48(43)50(47(42)31-37)40-25-20-35(21-26-40)36-24-29-46-44(30-36)41-18-10-11-19-45(41)49(46)39-16-8-3-9-17-39/h1-32H. The number of nitrogens with zero attached hydrogens (tertiary/aromatic N) is 2. The number of para-hydroxylation sites is 2. The Labute approximate surface area is 290 Å². The van der Waals surface area contributed by atoms with Gasteiger partial charge < -0.3 is 9.13 Å². The summed E-state index contributed by atoms with van der Waals surface area (Å²) in [7, 11) is 0. The fourth-order valence-corrected chi connectivity index (χ4v) is 7.73. The minimum atomic E-state index is 1.14. The van der Waals surface area contributed by atoms with E-state index in [0.29, 0.717) is 0 Å². The lowest BCUT2D eigenvalue weighted by atomic mass is 10.0. The molecule has 10 aromatic rings. The maximum absolute atomic E-state index is 2.43. The van der Waals surface area contributed by atoms with E-state index in [9.17, 15) is 0 Å². The molecule has 2 aromatic heterocycles. The first-order chi connectivity index (χ1) is 24.8. The van der Waals surface area contributed by atoms with E-state index in [1.165, 1.54) is 82.7 Å². The van der Waals surface area contributed by atoms with Crippen LogP contribution >= 0.6 is 0 Å². The van der Waals surface area contributed by atoms with Gasteiger partial charge in [0.15, 0.2) is 0 Å². The van der Waals surface area contributed by atoms with E-state index in [1.807, 2.05) is 0 Å². The van der Waals surface area contributed by atoms with Crippen LogP contribution in [0.3, 0.4) is 0 Å². The predicted octanol–water partition coefficient (Wildman–Crippen LogP) is 12.9. The number of hydrogen-bond acceptors (Lipinski definition) is 0. The second-order valence-electron chi connectivity index (χ2n) is 13.0. The predicted molar refractivity (Wildman–Crippen MR) is 211 cm³/mol. The van der Waals surface area contributed by atoms with E-state index < -0.39 is 0 Å². The zero-order valence-corrected chi connectivity index (χ0v) is 27.4. The van der Waals surface area contributed by atoms with Crippen molar-refractivity contribution >= 4 is 43.6 Å². The quantitative estimate of drug-likeness (QED) is 0.178. The third-order valence-electron chi connectivity index (χ3n) is 10.1. The second-order valence-corrected chi connectivity index (χ2v) is 13.0. The molecule has 0 aliphatic heterocycles. The first-order valence-electron chi connectivity index (χ1n) is 17.2. The topological polar surface area (TPSA) is 9.86 Å². The minimum Gasteiger partial charge on any atom is -0.309 e. The van der Waals surface area contributed by atoms with Crippen LogP contribution in [-0.2, 0) is 0 Å². The monoisotopic (exact) mass is 636 g/mol. The van der Waals surface area contributed by atoms with E-state index in [0.717, 1.165) is 5.69 Å². The first-order valence-corrected chi connectivity index (χ1v) is 17.2. The molecule has 0 atom stereocenters. The number of aromatic nitrogens is 2. The number of rotatable bonds is 5. The molecule has 0 N–H and O–H groups in total. The van der Waals surface area contributed by atoms with Gasteiger partial charge in [-0.15, -0.1) is 0 Å². The summed E-state index contributed by atoms with van der Waals surface area (Å²) in [5.41, 5.74) is 14.4. The van der Waals surface area contributed by atoms with Crippen LogP contribution in [0.5, 0.6) is 0 Å². The smallest absolute Gasteiger partial charge is 0.0547 e. The Kier molecular flexibility index (Phi) is 6.53. The van der Waals surface area contributed by atoms with Crippen molar-refractivity contribution < 1.29 is 0 Å². The van der Waals surface area contributed by atoms with Crippen LogP contribution in [-0.4, -0.2) is 9.13 Å². The van der Waals surface area contributed by atoms with E-state index in [-0.39, 0.29) is 0 Å². The molecule has 0 saturated carbocycles. The number of fused-ring (bicyclic) bond motifs is 6. The maximum Gasteiger partial charge on any atom is 0.0547 e. The van der Waals surface area contributed by atoms with Gasteiger partial charge in [0.2, 0.25) is 0 Å². The van der Waals surface area contributed by atoms with E-state index in [2.05, 4.69) is 203 Å². The van der Waals surface area contributed by atoms with Gasteiger partial charge in [0.1, 0.15) is 0 Å². The van der Waals surface area contributed by atoms with Crippen LogP contribution in [0, 0.1) is 0 Å². The Balaban J connectivity index is 1.13. The lowest BCUT2D eigenvalue weighted by Gasteiger charge is -2.12. The van der Waals surface area contributed by atoms with Gasteiger partial charge in [-0.2, -0.15) is 0 Å². The highest BCUT2D eigenvalue weighted by Crippen LogP contribution is 2.38. The summed E-state index contributed by atoms with van der Waals surface area (Å²) in [6, 6.07) is 70.4. The van der Waals surface area contributed by atoms with Gasteiger partial charge >= 0.3 is 0 Å². The van der Waals surface area contributed by atoms with Gasteiger partial charge in [-0.1, -0.05) is 140 Å². The highest BCUT2D eigenvalue weighted by Gasteiger charge is 2.16. The summed E-state index contributed by atoms with van der Waals surface area (Å²) in [5.74, 6) is 0. The zero-order chi connectivity index (χ0) is 33.0. The number of benzene rings is 8. The molecule has 0 bridgehead atoms. The molecule has 0 amide bonds. The van der Waals surface area contributed by atoms with Crippen LogP contribution in [0.25, 0.3) is 88.4 Å². The van der Waals surface area contributed by atoms with Crippen molar-refractivity contribution in [2.45, 2.75) is 0 Å². The molecule has 50 heavy (non-hydrogen) atoms. The molecule has 234 valence electrons. The molecule has 0 aliphatic carbocycles. The summed E-state index contributed by atoms with van der Waals surface area (Å²) in [5, 5.41) is 5.03. The van der Waals surface area contributed by atoms with E-state index in [1.54, 1.807) is 0 Å². The summed E-state index contributed by atoms with van der Waals surface area (Å²) in [6.07, 6.45) is 0. The molecule has 2 nitrogen and oxygen atoms in total. The first kappa shape index (κ1) is 28.4. The third kappa shape index (κ3) is 4.57. The van der Waals surface area contributed by atoms with Crippen LogP contribution < -0.4 is 0 Å². The Morgan fingerprint density at radius 1 is 0.220 bits per heavy atom. The Morgan fingerprint density at radius 3 is 1.24 bits per heavy atom. The molecular weight excluding hydrogens is 605 g/mol. The van der Waals surface area contributed by atoms with Crippen LogP contribution in [0.1, 0.15) is 0 Å². The van der Waals surface area contributed by atoms with Gasteiger partial charge in [-0.3, -0.25) is 0 Å². The molecule has 0 spiro atoms. The maximum atomic E-state index is 2.43. The molecule has 2 heteroatoms. The summed E-state index contributed by atoms with van der Waals surface area (Å²) >= 11 is 0. The van der Waals surface area contributed by atoms with Crippen LogP contribution in [0.15, 0.2) is 194 Å². The van der Waals surface area contributed by atoms with Crippen molar-refractivity contribution in [2.24, 2.45) is 0 Å². The highest BCUT2D eigenvalue weighted by molar-refractivity contribution is 6.12. The average Bonchev–Trinajstić information content (AvgIpc) is 3.70. The van der Waals surface area contributed by atoms with Crippen molar-refractivity contribution in [1.29, 1.82) is 0 Å². The van der Waals surface area contributed by atoms with Crippen LogP contribution in [0.2, 0.25) is 0 Å². The zero-order valence-electron chi connectivity index (χ0n) is 27.4. The van der Waals surface area contributed by atoms with Gasteiger partial charge in [0.05, 0.1) is 22.1 Å². The SMILES string of the molecule is c1ccc(-c2ccc3c4ccc(-c5ccccc5)cc4n(-c4ccc(-c5ccc6c(c5)c5ccccc5n6-c5ccccc5)cc4)c3c2)cc1.